The number of benzene rings is 2. The second-order valence-corrected chi connectivity index (χ2v) is 6.56. The Labute approximate surface area is 129 Å². The molecule has 0 aliphatic rings. The minimum Gasteiger partial charge on any atom is -0.314 e. The molecule has 114 valence electrons. The normalized spacial score (nSPS) is 12.2. The van der Waals surface area contributed by atoms with Crippen LogP contribution in [-0.2, 0) is 6.42 Å². The molecule has 0 unspecified atom stereocenters. The lowest BCUT2D eigenvalue weighted by atomic mass is 9.76. The van der Waals surface area contributed by atoms with Gasteiger partial charge in [-0.2, -0.15) is 0 Å². The first-order valence-corrected chi connectivity index (χ1v) is 8.30. The van der Waals surface area contributed by atoms with Crippen LogP contribution >= 0.6 is 0 Å². The molecule has 1 nitrogen and oxygen atoms in total. The summed E-state index contributed by atoms with van der Waals surface area (Å²) >= 11 is 0. The van der Waals surface area contributed by atoms with Gasteiger partial charge in [-0.15, -0.1) is 0 Å². The molecule has 0 fully saturated rings. The average Bonchev–Trinajstić information content (AvgIpc) is 2.51. The molecule has 0 aliphatic carbocycles. The van der Waals surface area contributed by atoms with E-state index in [1.807, 2.05) is 0 Å². The number of fused-ring (bicyclic) bond motifs is 1. The van der Waals surface area contributed by atoms with Crippen LogP contribution in [0.1, 0.15) is 46.1 Å². The fraction of sp³-hybridized carbons (Fsp3) is 0.500. The van der Waals surface area contributed by atoms with Crippen molar-refractivity contribution < 1.29 is 0 Å². The van der Waals surface area contributed by atoms with Gasteiger partial charge in [-0.3, -0.25) is 0 Å². The molecule has 1 heteroatoms. The zero-order chi connectivity index (χ0) is 15.3. The molecule has 0 saturated heterocycles. The quantitative estimate of drug-likeness (QED) is 0.737. The minimum absolute atomic E-state index is 0.356. The summed E-state index contributed by atoms with van der Waals surface area (Å²) in [5, 5.41) is 6.42. The van der Waals surface area contributed by atoms with Gasteiger partial charge < -0.3 is 5.32 Å². The highest BCUT2D eigenvalue weighted by Gasteiger charge is 2.27. The summed E-state index contributed by atoms with van der Waals surface area (Å²) in [4.78, 5) is 0. The van der Waals surface area contributed by atoms with Crippen LogP contribution < -0.4 is 5.32 Å². The SMILES string of the molecule is CCC(CC)(CNC(C)C)Cc1cccc2ccccc12. The molecule has 0 amide bonds. The third kappa shape index (κ3) is 3.85. The Hall–Kier alpha value is -1.34. The van der Waals surface area contributed by atoms with E-state index in [-0.39, 0.29) is 0 Å². The standard InChI is InChI=1S/C20H29N/c1-5-20(6-2,15-21-16(3)4)14-18-12-9-11-17-10-7-8-13-19(17)18/h7-13,16,21H,5-6,14-15H2,1-4H3. The maximum Gasteiger partial charge on any atom is 0.00132 e. The lowest BCUT2D eigenvalue weighted by Gasteiger charge is -2.33. The highest BCUT2D eigenvalue weighted by Crippen LogP contribution is 2.33. The van der Waals surface area contributed by atoms with Crippen LogP contribution in [0.5, 0.6) is 0 Å². The first-order valence-electron chi connectivity index (χ1n) is 8.30. The smallest absolute Gasteiger partial charge is 0.00132 e. The second kappa shape index (κ2) is 7.09. The molecule has 0 aliphatic heterocycles. The van der Waals surface area contributed by atoms with Crippen molar-refractivity contribution in [2.24, 2.45) is 5.41 Å². The summed E-state index contributed by atoms with van der Waals surface area (Å²) in [6.07, 6.45) is 3.58. The Morgan fingerprint density at radius 1 is 0.952 bits per heavy atom. The molecular weight excluding hydrogens is 254 g/mol. The molecular formula is C20H29N. The van der Waals surface area contributed by atoms with E-state index >= 15 is 0 Å². The number of hydrogen-bond acceptors (Lipinski definition) is 1. The van der Waals surface area contributed by atoms with E-state index in [4.69, 9.17) is 0 Å². The van der Waals surface area contributed by atoms with Crippen LogP contribution in [0.2, 0.25) is 0 Å². The molecule has 0 heterocycles. The molecule has 0 saturated carbocycles. The van der Waals surface area contributed by atoms with Crippen LogP contribution in [0.3, 0.4) is 0 Å². The molecule has 1 N–H and O–H groups in total. The summed E-state index contributed by atoms with van der Waals surface area (Å²) in [7, 11) is 0. The van der Waals surface area contributed by atoms with Gasteiger partial charge in [0.15, 0.2) is 0 Å². The third-order valence-electron chi connectivity index (χ3n) is 4.83. The summed E-state index contributed by atoms with van der Waals surface area (Å²) in [5.41, 5.74) is 1.84. The molecule has 2 aromatic rings. The first-order chi connectivity index (χ1) is 10.1. The van der Waals surface area contributed by atoms with Crippen molar-refractivity contribution in [3.8, 4) is 0 Å². The van der Waals surface area contributed by atoms with E-state index in [2.05, 4.69) is 75.5 Å². The molecule has 21 heavy (non-hydrogen) atoms. The Balaban J connectivity index is 2.30. The van der Waals surface area contributed by atoms with Crippen molar-refractivity contribution in [2.45, 2.75) is 53.0 Å². The monoisotopic (exact) mass is 283 g/mol. The van der Waals surface area contributed by atoms with Gasteiger partial charge in [-0.1, -0.05) is 70.2 Å². The van der Waals surface area contributed by atoms with Gasteiger partial charge in [-0.25, -0.2) is 0 Å². The van der Waals surface area contributed by atoms with Crippen molar-refractivity contribution in [3.63, 3.8) is 0 Å². The lowest BCUT2D eigenvalue weighted by Crippen LogP contribution is -2.38. The molecule has 2 aromatic carbocycles. The van der Waals surface area contributed by atoms with Crippen LogP contribution in [0, 0.1) is 5.41 Å². The van der Waals surface area contributed by atoms with Gasteiger partial charge in [-0.05, 0) is 41.0 Å². The Morgan fingerprint density at radius 2 is 1.62 bits per heavy atom. The van der Waals surface area contributed by atoms with Crippen molar-refractivity contribution in [3.05, 3.63) is 48.0 Å². The van der Waals surface area contributed by atoms with Gasteiger partial charge in [0.25, 0.3) is 0 Å². The van der Waals surface area contributed by atoms with Crippen molar-refractivity contribution in [1.82, 2.24) is 5.32 Å². The number of nitrogens with one attached hydrogen (secondary N) is 1. The van der Waals surface area contributed by atoms with E-state index < -0.39 is 0 Å². The third-order valence-corrected chi connectivity index (χ3v) is 4.83. The number of hydrogen-bond donors (Lipinski definition) is 1. The number of rotatable bonds is 7. The maximum atomic E-state index is 3.66. The van der Waals surface area contributed by atoms with Crippen LogP contribution in [0.15, 0.2) is 42.5 Å². The minimum atomic E-state index is 0.356. The highest BCUT2D eigenvalue weighted by molar-refractivity contribution is 5.85. The van der Waals surface area contributed by atoms with E-state index in [1.54, 1.807) is 0 Å². The van der Waals surface area contributed by atoms with Gasteiger partial charge in [0.1, 0.15) is 0 Å². The summed E-state index contributed by atoms with van der Waals surface area (Å²) in [6.45, 7) is 10.2. The first kappa shape index (κ1) is 16.0. The van der Waals surface area contributed by atoms with Crippen LogP contribution in [-0.4, -0.2) is 12.6 Å². The molecule has 0 spiro atoms. The lowest BCUT2D eigenvalue weighted by molar-refractivity contribution is 0.240. The van der Waals surface area contributed by atoms with Crippen LogP contribution in [0.25, 0.3) is 10.8 Å². The molecule has 0 radical (unpaired) electrons. The topological polar surface area (TPSA) is 12.0 Å². The maximum absolute atomic E-state index is 3.66. The van der Waals surface area contributed by atoms with E-state index in [9.17, 15) is 0 Å². The fourth-order valence-electron chi connectivity index (χ4n) is 3.08. The predicted molar refractivity (Wildman–Crippen MR) is 93.8 cm³/mol. The van der Waals surface area contributed by atoms with E-state index in [0.717, 1.165) is 13.0 Å². The Morgan fingerprint density at radius 3 is 2.29 bits per heavy atom. The molecule has 0 aromatic heterocycles. The fourth-order valence-corrected chi connectivity index (χ4v) is 3.08. The van der Waals surface area contributed by atoms with E-state index in [1.165, 1.54) is 29.2 Å². The van der Waals surface area contributed by atoms with Crippen molar-refractivity contribution in [2.75, 3.05) is 6.54 Å². The van der Waals surface area contributed by atoms with Gasteiger partial charge in [0.05, 0.1) is 0 Å². The summed E-state index contributed by atoms with van der Waals surface area (Å²) < 4.78 is 0. The van der Waals surface area contributed by atoms with Gasteiger partial charge in [0.2, 0.25) is 0 Å². The van der Waals surface area contributed by atoms with Crippen LogP contribution in [0.4, 0.5) is 0 Å². The predicted octanol–water partition coefficient (Wildman–Crippen LogP) is 5.19. The largest absolute Gasteiger partial charge is 0.314 e. The highest BCUT2D eigenvalue weighted by atomic mass is 14.9. The second-order valence-electron chi connectivity index (χ2n) is 6.56. The van der Waals surface area contributed by atoms with Crippen molar-refractivity contribution >= 4 is 10.8 Å². The Kier molecular flexibility index (Phi) is 5.41. The Bertz CT molecular complexity index is 562. The molecule has 2 rings (SSSR count). The van der Waals surface area contributed by atoms with E-state index in [0.29, 0.717) is 11.5 Å². The average molecular weight is 283 g/mol. The zero-order valence-electron chi connectivity index (χ0n) is 13.9. The molecule has 0 bridgehead atoms. The summed E-state index contributed by atoms with van der Waals surface area (Å²) in [5.74, 6) is 0. The molecule has 0 atom stereocenters. The summed E-state index contributed by atoms with van der Waals surface area (Å²) in [6, 6.07) is 16.0. The van der Waals surface area contributed by atoms with Gasteiger partial charge >= 0.3 is 0 Å². The zero-order valence-corrected chi connectivity index (χ0v) is 13.9. The van der Waals surface area contributed by atoms with Crippen molar-refractivity contribution in [1.29, 1.82) is 0 Å². The van der Waals surface area contributed by atoms with Gasteiger partial charge in [0, 0.05) is 12.6 Å².